The average Bonchev–Trinajstić information content (AvgIpc) is 3.25. The number of nitrogens with zero attached hydrogens (tertiary/aromatic N) is 1. The Hall–Kier alpha value is -1.98. The molecular weight excluding hydrogens is 450 g/mol. The van der Waals surface area contributed by atoms with E-state index in [0.717, 1.165) is 12.8 Å². The number of amides is 1. The monoisotopic (exact) mass is 471 g/mol. The first-order valence-corrected chi connectivity index (χ1v) is 12.6. The van der Waals surface area contributed by atoms with Crippen LogP contribution in [0.2, 0.25) is 5.02 Å². The van der Waals surface area contributed by atoms with E-state index in [4.69, 9.17) is 11.6 Å². The van der Waals surface area contributed by atoms with Gasteiger partial charge in [0.1, 0.15) is 4.90 Å². The largest absolute Gasteiger partial charge is 0.325 e. The summed E-state index contributed by atoms with van der Waals surface area (Å²) in [6.07, 6.45) is 1.57. The molecule has 1 aliphatic rings. The lowest BCUT2D eigenvalue weighted by atomic mass is 10.3. The third kappa shape index (κ3) is 5.01. The van der Waals surface area contributed by atoms with E-state index in [1.807, 2.05) is 0 Å². The van der Waals surface area contributed by atoms with Crippen molar-refractivity contribution in [3.8, 4) is 0 Å². The fraction of sp³-hybridized carbons (Fsp3) is 0.316. The van der Waals surface area contributed by atoms with Gasteiger partial charge in [-0.25, -0.2) is 16.8 Å². The van der Waals surface area contributed by atoms with Crippen LogP contribution < -0.4 is 10.0 Å². The summed E-state index contributed by atoms with van der Waals surface area (Å²) in [6, 6.07) is 10.7. The summed E-state index contributed by atoms with van der Waals surface area (Å²) in [4.78, 5) is 12.4. The molecule has 0 aromatic heterocycles. The van der Waals surface area contributed by atoms with Gasteiger partial charge in [-0.1, -0.05) is 29.8 Å². The van der Waals surface area contributed by atoms with Crippen molar-refractivity contribution in [3.05, 3.63) is 53.6 Å². The van der Waals surface area contributed by atoms with Gasteiger partial charge in [0.15, 0.2) is 0 Å². The van der Waals surface area contributed by atoms with Gasteiger partial charge in [0.25, 0.3) is 0 Å². The van der Waals surface area contributed by atoms with Crippen LogP contribution in [-0.2, 0) is 24.8 Å². The van der Waals surface area contributed by atoms with E-state index in [0.29, 0.717) is 13.1 Å². The zero-order valence-corrected chi connectivity index (χ0v) is 18.6. The second-order valence-electron chi connectivity index (χ2n) is 6.90. The summed E-state index contributed by atoms with van der Waals surface area (Å²) in [5, 5.41) is 2.59. The van der Waals surface area contributed by atoms with Crippen LogP contribution in [0.15, 0.2) is 58.3 Å². The molecule has 2 N–H and O–H groups in total. The van der Waals surface area contributed by atoms with Crippen LogP contribution >= 0.6 is 11.6 Å². The fourth-order valence-corrected chi connectivity index (χ4v) is 6.29. The Morgan fingerprint density at radius 2 is 1.67 bits per heavy atom. The van der Waals surface area contributed by atoms with E-state index in [1.165, 1.54) is 41.6 Å². The van der Waals surface area contributed by atoms with E-state index in [2.05, 4.69) is 10.0 Å². The van der Waals surface area contributed by atoms with Crippen LogP contribution in [-0.4, -0.2) is 46.2 Å². The zero-order chi connectivity index (χ0) is 21.9. The first-order chi connectivity index (χ1) is 14.1. The molecule has 8 nitrogen and oxygen atoms in total. The van der Waals surface area contributed by atoms with Gasteiger partial charge in [0, 0.05) is 18.8 Å². The lowest BCUT2D eigenvalue weighted by Gasteiger charge is -2.18. The summed E-state index contributed by atoms with van der Waals surface area (Å²) >= 11 is 6.10. The Kier molecular flexibility index (Phi) is 6.83. The fourth-order valence-electron chi connectivity index (χ4n) is 3.05. The van der Waals surface area contributed by atoms with Crippen molar-refractivity contribution < 1.29 is 21.6 Å². The predicted octanol–water partition coefficient (Wildman–Crippen LogP) is 2.43. The maximum Gasteiger partial charge on any atom is 0.244 e. The molecule has 0 aliphatic carbocycles. The number of carbonyl (C=O) groups excluding carboxylic acids is 1. The molecule has 1 amide bonds. The first-order valence-electron chi connectivity index (χ1n) is 9.29. The van der Waals surface area contributed by atoms with Crippen molar-refractivity contribution in [1.82, 2.24) is 9.03 Å². The second kappa shape index (κ2) is 9.03. The van der Waals surface area contributed by atoms with Gasteiger partial charge in [-0.3, -0.25) is 4.79 Å². The molecule has 0 saturated carbocycles. The molecule has 11 heteroatoms. The molecule has 0 radical (unpaired) electrons. The van der Waals surface area contributed by atoms with E-state index in [9.17, 15) is 21.6 Å². The normalized spacial score (nSPS) is 16.3. The smallest absolute Gasteiger partial charge is 0.244 e. The number of halogens is 1. The van der Waals surface area contributed by atoms with E-state index in [-0.39, 0.29) is 20.5 Å². The summed E-state index contributed by atoms with van der Waals surface area (Å²) < 4.78 is 54.0. The van der Waals surface area contributed by atoms with Crippen molar-refractivity contribution in [2.75, 3.05) is 18.4 Å². The summed E-state index contributed by atoms with van der Waals surface area (Å²) in [7, 11) is -7.65. The van der Waals surface area contributed by atoms with Gasteiger partial charge in [-0.2, -0.15) is 9.03 Å². The Morgan fingerprint density at radius 3 is 2.30 bits per heavy atom. The van der Waals surface area contributed by atoms with Gasteiger partial charge >= 0.3 is 0 Å². The van der Waals surface area contributed by atoms with Crippen molar-refractivity contribution in [2.24, 2.45) is 0 Å². The third-order valence-electron chi connectivity index (χ3n) is 4.66. The quantitative estimate of drug-likeness (QED) is 0.644. The molecule has 0 bridgehead atoms. The van der Waals surface area contributed by atoms with Crippen LogP contribution in [0.3, 0.4) is 0 Å². The van der Waals surface area contributed by atoms with E-state index < -0.39 is 32.0 Å². The lowest BCUT2D eigenvalue weighted by molar-refractivity contribution is -0.117. The van der Waals surface area contributed by atoms with Crippen LogP contribution in [0.5, 0.6) is 0 Å². The zero-order valence-electron chi connectivity index (χ0n) is 16.2. The highest BCUT2D eigenvalue weighted by Gasteiger charge is 2.29. The van der Waals surface area contributed by atoms with Crippen molar-refractivity contribution in [2.45, 2.75) is 35.6 Å². The van der Waals surface area contributed by atoms with E-state index in [1.54, 1.807) is 18.2 Å². The highest BCUT2D eigenvalue weighted by molar-refractivity contribution is 7.89. The number of benzene rings is 2. The van der Waals surface area contributed by atoms with Crippen LogP contribution in [0, 0.1) is 0 Å². The maximum absolute atomic E-state index is 12.8. The maximum atomic E-state index is 12.8. The SMILES string of the molecule is CC(NS(=O)(=O)c1ccccc1)C(=O)Nc1ccc(Cl)c(S(=O)(=O)N2CCCC2)c1. The number of carbonyl (C=O) groups is 1. The number of sulfonamides is 2. The molecular formula is C19H22ClN3O5S2. The summed E-state index contributed by atoms with van der Waals surface area (Å²) in [5.41, 5.74) is 0.202. The molecule has 0 spiro atoms. The lowest BCUT2D eigenvalue weighted by Crippen LogP contribution is -2.41. The Bertz CT molecular complexity index is 1130. The Balaban J connectivity index is 1.75. The van der Waals surface area contributed by atoms with Crippen LogP contribution in [0.1, 0.15) is 19.8 Å². The standard InChI is InChI=1S/C19H22ClN3O5S2/c1-14(22-29(25,26)16-7-3-2-4-8-16)19(24)21-15-9-10-17(20)18(13-15)30(27,28)23-11-5-6-12-23/h2-4,7-10,13-14,22H,5-6,11-12H2,1H3,(H,21,24). The van der Waals surface area contributed by atoms with Crippen molar-refractivity contribution in [3.63, 3.8) is 0 Å². The topological polar surface area (TPSA) is 113 Å². The average molecular weight is 472 g/mol. The molecule has 1 atom stereocenters. The third-order valence-corrected chi connectivity index (χ3v) is 8.60. The minimum atomic E-state index is -3.88. The number of hydrogen-bond donors (Lipinski definition) is 2. The molecule has 2 aromatic carbocycles. The second-order valence-corrected chi connectivity index (χ2v) is 10.9. The Labute approximate surface area is 181 Å². The number of hydrogen-bond acceptors (Lipinski definition) is 5. The van der Waals surface area contributed by atoms with Crippen molar-refractivity contribution >= 4 is 43.2 Å². The van der Waals surface area contributed by atoms with Gasteiger partial charge in [0.05, 0.1) is 16.0 Å². The Morgan fingerprint density at radius 1 is 1.03 bits per heavy atom. The van der Waals surface area contributed by atoms with Crippen LogP contribution in [0.25, 0.3) is 0 Å². The minimum absolute atomic E-state index is 0.0372. The molecule has 162 valence electrons. The molecule has 30 heavy (non-hydrogen) atoms. The van der Waals surface area contributed by atoms with Crippen LogP contribution in [0.4, 0.5) is 5.69 Å². The molecule has 1 aliphatic heterocycles. The van der Waals surface area contributed by atoms with Crippen molar-refractivity contribution in [1.29, 1.82) is 0 Å². The van der Waals surface area contributed by atoms with Gasteiger partial charge < -0.3 is 5.32 Å². The number of rotatable bonds is 7. The molecule has 1 unspecified atom stereocenters. The highest BCUT2D eigenvalue weighted by atomic mass is 35.5. The first kappa shape index (κ1) is 22.7. The molecule has 1 heterocycles. The molecule has 1 saturated heterocycles. The molecule has 2 aromatic rings. The van der Waals surface area contributed by atoms with E-state index >= 15 is 0 Å². The highest BCUT2D eigenvalue weighted by Crippen LogP contribution is 2.29. The number of anilines is 1. The molecule has 3 rings (SSSR count). The number of nitrogens with one attached hydrogen (secondary N) is 2. The summed E-state index contributed by atoms with van der Waals surface area (Å²) in [5.74, 6) is -0.638. The minimum Gasteiger partial charge on any atom is -0.325 e. The van der Waals surface area contributed by atoms with Gasteiger partial charge in [-0.05, 0) is 50.1 Å². The predicted molar refractivity (Wildman–Crippen MR) is 114 cm³/mol. The molecule has 1 fully saturated rings. The van der Waals surface area contributed by atoms with Gasteiger partial charge in [0.2, 0.25) is 26.0 Å². The van der Waals surface area contributed by atoms with Gasteiger partial charge in [-0.15, -0.1) is 0 Å². The summed E-state index contributed by atoms with van der Waals surface area (Å²) in [6.45, 7) is 2.24.